The third-order valence-electron chi connectivity index (χ3n) is 18.1. The minimum atomic E-state index is -3.22. The van der Waals surface area contributed by atoms with E-state index in [-0.39, 0.29) is 113 Å². The van der Waals surface area contributed by atoms with Crippen molar-refractivity contribution in [1.82, 2.24) is 19.9 Å². The van der Waals surface area contributed by atoms with Gasteiger partial charge >= 0.3 is 83.8 Å². The van der Waals surface area contributed by atoms with Crippen LogP contribution in [0.5, 0.6) is 0 Å². The van der Waals surface area contributed by atoms with E-state index in [1.807, 2.05) is 39.0 Å². The second-order valence-electron chi connectivity index (χ2n) is 28.7. The van der Waals surface area contributed by atoms with Crippen molar-refractivity contribution in [3.05, 3.63) is 141 Å². The number of fused-ring (bicyclic) bond motifs is 4. The summed E-state index contributed by atoms with van der Waals surface area (Å²) in [6.45, 7) is 14.8. The number of carboxylic acids is 1. The largest absolute Gasteiger partial charge is 1.00 e. The number of aromatic nitrogens is 4. The summed E-state index contributed by atoms with van der Waals surface area (Å²) >= 11 is 0. The van der Waals surface area contributed by atoms with E-state index in [1.54, 1.807) is 41.1 Å². The Balaban J connectivity index is 0. The van der Waals surface area contributed by atoms with Crippen molar-refractivity contribution in [3.63, 3.8) is 0 Å². The van der Waals surface area contributed by atoms with Crippen LogP contribution in [-0.2, 0) is 119 Å². The summed E-state index contributed by atoms with van der Waals surface area (Å²) in [6, 6.07) is 17.7. The van der Waals surface area contributed by atoms with Gasteiger partial charge in [-0.05, 0) is 271 Å². The molecule has 2 saturated heterocycles. The summed E-state index contributed by atoms with van der Waals surface area (Å²) in [5.74, 6) is -0.206. The number of aliphatic hydroxyl groups excluding tert-OH is 1. The van der Waals surface area contributed by atoms with Gasteiger partial charge in [0.2, 0.25) is 0 Å². The molecule has 16 nitrogen and oxygen atoms in total. The average Bonchev–Trinajstić information content (AvgIpc) is 1.41. The van der Waals surface area contributed by atoms with E-state index in [0.29, 0.717) is 25.2 Å². The van der Waals surface area contributed by atoms with Gasteiger partial charge in [-0.1, -0.05) is 102 Å². The number of methoxy groups -OCH3 is 1. The molecular formula is C84H138AlKLiN4O12P. The molecule has 6 heterocycles. The van der Waals surface area contributed by atoms with Crippen LogP contribution in [0.4, 0.5) is 0 Å². The van der Waals surface area contributed by atoms with Crippen LogP contribution in [0, 0.1) is 5.92 Å². The standard InChI is InChI=1S/C19H29NO2.C17H26NO4P.C17H25NO.C17H23NO.2C4H8O.C4H9O.C2H6O.Al.K.Li.4H/c1-15(14-19(21)22)8-4-2-3-5-10-17-13-12-16-9-6-7-11-18(16)20-17;1-21-23(20,22-2)13-16(19)9-5-4-8-15-12-11-14-7-3-6-10-17(14)18-15;2*1-2-7-16(19)10-5-4-9-15-13-12-14-8-3-6-11-17(14)18-15;2*1-2-4-5-3-1;1-4(2,3)5;1-3-2;;;;;;;/h12-13,15H,2-11,14H2,1H3,(H,21,22);11-12H,3-10,13H2,1-2H3;2,7,12-13,16,19H,3-6,8-11H2,1H3;2,7,12-13H,3-6,8-11H2,1H3;2*1-4H2;1-3H3;1-2H3;;;;;;;/q;;;;;;-1;;;2*+1;;;;-1/b;;2*7-2+;;;;;;;;;;;. The molecule has 0 amide bonds. The number of ketones is 2. The maximum Gasteiger partial charge on any atom is 1.00 e. The third-order valence-corrected chi connectivity index (χ3v) is 20.0. The Bertz CT molecular complexity index is 2980. The van der Waals surface area contributed by atoms with Crippen molar-refractivity contribution < 1.29 is 129 Å². The van der Waals surface area contributed by atoms with Gasteiger partial charge in [-0.2, -0.15) is 0 Å². The molecule has 2 aliphatic heterocycles. The summed E-state index contributed by atoms with van der Waals surface area (Å²) in [4.78, 5) is 52.9. The van der Waals surface area contributed by atoms with Crippen molar-refractivity contribution in [2.45, 2.75) is 304 Å². The van der Waals surface area contributed by atoms with Crippen molar-refractivity contribution in [2.24, 2.45) is 5.92 Å². The predicted molar refractivity (Wildman–Crippen MR) is 420 cm³/mol. The Kier molecular flexibility index (Phi) is 61.8. The number of aryl methyl sites for hydroxylation is 12. The van der Waals surface area contributed by atoms with E-state index in [1.165, 1.54) is 192 Å². The van der Waals surface area contributed by atoms with Gasteiger partial charge < -0.3 is 40.0 Å². The molecular weight excluding hydrogens is 1360 g/mol. The van der Waals surface area contributed by atoms with Gasteiger partial charge in [-0.3, -0.25) is 38.9 Å². The summed E-state index contributed by atoms with van der Waals surface area (Å²) < 4.78 is 35.6. The first kappa shape index (κ1) is 102. The van der Waals surface area contributed by atoms with Gasteiger partial charge in [0, 0.05) is 120 Å². The van der Waals surface area contributed by atoms with Crippen LogP contribution in [0.1, 0.15) is 284 Å². The Labute approximate surface area is 696 Å². The van der Waals surface area contributed by atoms with Crippen molar-refractivity contribution in [1.29, 1.82) is 0 Å². The quantitative estimate of drug-likeness (QED) is 0.0163. The van der Waals surface area contributed by atoms with Gasteiger partial charge in [0.25, 0.3) is 0 Å². The zero-order valence-corrected chi connectivity index (χ0v) is 70.4. The second-order valence-corrected chi connectivity index (χ2v) is 30.9. The average molecular weight is 1500 g/mol. The molecule has 2 N–H and O–H groups in total. The van der Waals surface area contributed by atoms with Crippen LogP contribution in [0.3, 0.4) is 0 Å². The molecule has 2 unspecified atom stereocenters. The van der Waals surface area contributed by atoms with Gasteiger partial charge in [0.1, 0.15) is 11.9 Å². The number of rotatable bonds is 30. The molecule has 4 aromatic heterocycles. The Morgan fingerprint density at radius 1 is 0.538 bits per heavy atom. The Morgan fingerprint density at radius 3 is 1.19 bits per heavy atom. The number of hydrogen-bond acceptors (Lipinski definition) is 15. The maximum atomic E-state index is 11.9. The number of pyridine rings is 4. The molecule has 4 aromatic rings. The molecule has 0 radical (unpaired) electrons. The van der Waals surface area contributed by atoms with Gasteiger partial charge in [-0.25, -0.2) is 0 Å². The van der Waals surface area contributed by atoms with Gasteiger partial charge in [0.15, 0.2) is 23.1 Å². The number of unbranched alkanes of at least 4 members (excludes halogenated alkanes) is 6. The van der Waals surface area contributed by atoms with Crippen LogP contribution in [0.15, 0.2) is 72.8 Å². The Morgan fingerprint density at radius 2 is 0.865 bits per heavy atom. The number of aliphatic carboxylic acids is 1. The number of ether oxygens (including phenoxy) is 3. The maximum absolute atomic E-state index is 11.9. The fourth-order valence-electron chi connectivity index (χ4n) is 12.6. The van der Waals surface area contributed by atoms with E-state index >= 15 is 0 Å². The minimum absolute atomic E-state index is 0. The normalized spacial score (nSPS) is 15.2. The topological polar surface area (TPSA) is 230 Å². The number of Topliss-reactive ketones (excluding diaryl/α,β-unsaturated/α-hetero) is 1. The molecule has 0 saturated carbocycles. The molecule has 0 bridgehead atoms. The summed E-state index contributed by atoms with van der Waals surface area (Å²) in [6.07, 6.45) is 49.4. The van der Waals surface area contributed by atoms with Crippen molar-refractivity contribution >= 4 is 42.5 Å². The SMILES string of the molecule is C/C=C/C(=O)CCCCc1ccc2c(n1)CCCC2.C/C=C/C(O)CCCCc1ccc2c(n1)CCCC2.C1CCOC1.C1CCOC1.CC(C)(C)[O-].CC(CCCCCCc1ccc2c(n1)CCCC2)CC(=O)O.COC.COP(=O)(CC(=O)CCCCc1ccc2c(n1)CCCC2)OC.[AlH3].[H-].[K+].[Li+]. The molecule has 20 heteroatoms. The monoisotopic (exact) mass is 1500 g/mol. The first-order valence-electron chi connectivity index (χ1n) is 38.8. The van der Waals surface area contributed by atoms with Crippen LogP contribution >= 0.6 is 7.60 Å². The molecule has 6 aliphatic rings. The number of nitrogens with zero attached hydrogens (tertiary/aromatic N) is 4. The number of carbonyl (C=O) groups excluding carboxylic acids is 2. The van der Waals surface area contributed by atoms with Crippen LogP contribution < -0.4 is 75.4 Å². The van der Waals surface area contributed by atoms with Crippen LogP contribution in [0.2, 0.25) is 0 Å². The van der Waals surface area contributed by atoms with E-state index < -0.39 is 19.2 Å². The summed E-state index contributed by atoms with van der Waals surface area (Å²) in [7, 11) is 2.64. The van der Waals surface area contributed by atoms with E-state index in [2.05, 4.69) is 53.3 Å². The predicted octanol–water partition coefficient (Wildman–Crippen LogP) is 10.7. The van der Waals surface area contributed by atoms with E-state index in [9.17, 15) is 29.2 Å². The first-order chi connectivity index (χ1) is 48.7. The molecule has 576 valence electrons. The number of allylic oxidation sites excluding steroid dienone is 3. The molecule has 0 spiro atoms. The van der Waals surface area contributed by atoms with E-state index in [0.717, 1.165) is 148 Å². The summed E-state index contributed by atoms with van der Waals surface area (Å²) in [5.41, 5.74) is 15.0. The Hall–Kier alpha value is -2.39. The first-order valence-corrected chi connectivity index (χ1v) is 40.5. The fraction of sp³-hybridized carbons (Fsp3) is 0.679. The third kappa shape index (κ3) is 50.4. The fourth-order valence-corrected chi connectivity index (χ4v) is 13.6. The number of carbonyl (C=O) groups is 3. The molecule has 104 heavy (non-hydrogen) atoms. The van der Waals surface area contributed by atoms with Crippen molar-refractivity contribution in [2.75, 3.05) is 61.0 Å². The molecule has 2 fully saturated rings. The van der Waals surface area contributed by atoms with Crippen LogP contribution in [-0.4, -0.2) is 138 Å². The molecule has 10 rings (SSSR count). The second kappa shape index (κ2) is 63.3. The zero-order chi connectivity index (χ0) is 73.8. The zero-order valence-electron chi connectivity index (χ0n) is 67.4. The molecule has 0 aromatic carbocycles. The van der Waals surface area contributed by atoms with E-state index in [4.69, 9.17) is 43.6 Å². The minimum Gasteiger partial charge on any atom is -1.00 e. The van der Waals surface area contributed by atoms with Gasteiger partial charge in [-0.15, -0.1) is 5.60 Å². The smallest absolute Gasteiger partial charge is 1.00 e. The number of hydrogen-bond donors (Lipinski definition) is 2. The molecule has 4 aliphatic carbocycles. The number of carboxylic acid groups (broad SMARTS) is 1. The van der Waals surface area contributed by atoms with Crippen LogP contribution in [0.25, 0.3) is 0 Å². The molecule has 2 atom stereocenters. The van der Waals surface area contributed by atoms with Crippen molar-refractivity contribution in [3.8, 4) is 0 Å². The van der Waals surface area contributed by atoms with Gasteiger partial charge in [0.05, 0.1) is 6.10 Å². The summed E-state index contributed by atoms with van der Waals surface area (Å²) in [5, 5.41) is 28.4. The number of aliphatic hydroxyl groups is 1.